The molecular formula is C18H24N4. The molecule has 1 fully saturated rings. The van der Waals surface area contributed by atoms with Crippen molar-refractivity contribution < 1.29 is 0 Å². The van der Waals surface area contributed by atoms with Gasteiger partial charge in [-0.1, -0.05) is 24.8 Å². The van der Waals surface area contributed by atoms with Gasteiger partial charge >= 0.3 is 0 Å². The largest absolute Gasteiger partial charge is 0.361 e. The molecule has 0 spiro atoms. The molecule has 0 saturated carbocycles. The van der Waals surface area contributed by atoms with Crippen LogP contribution in [0, 0.1) is 0 Å². The normalized spacial score (nSPS) is 16.6. The highest BCUT2D eigenvalue weighted by molar-refractivity contribution is 5.82. The lowest BCUT2D eigenvalue weighted by Gasteiger charge is -2.33. The number of hydrogen-bond donors (Lipinski definition) is 1. The van der Waals surface area contributed by atoms with E-state index in [1.54, 1.807) is 6.20 Å². The summed E-state index contributed by atoms with van der Waals surface area (Å²) in [5, 5.41) is 1.37. The molecular weight excluding hydrogens is 272 g/mol. The van der Waals surface area contributed by atoms with E-state index in [4.69, 9.17) is 0 Å². The van der Waals surface area contributed by atoms with Crippen molar-refractivity contribution in [1.29, 1.82) is 0 Å². The van der Waals surface area contributed by atoms with Gasteiger partial charge in [0.15, 0.2) is 0 Å². The lowest BCUT2D eigenvalue weighted by Crippen LogP contribution is -2.45. The van der Waals surface area contributed by atoms with E-state index in [0.29, 0.717) is 0 Å². The molecule has 22 heavy (non-hydrogen) atoms. The maximum absolute atomic E-state index is 4.09. The Bertz CT molecular complexity index is 635. The maximum Gasteiger partial charge on any atom is 0.0905 e. The van der Waals surface area contributed by atoms with Gasteiger partial charge in [0.1, 0.15) is 0 Å². The van der Waals surface area contributed by atoms with Crippen LogP contribution in [0.3, 0.4) is 0 Å². The second-order valence-corrected chi connectivity index (χ2v) is 5.79. The topological polar surface area (TPSA) is 34.6 Å². The first kappa shape index (κ1) is 14.9. The van der Waals surface area contributed by atoms with Crippen molar-refractivity contribution in [1.82, 2.24) is 14.8 Å². The number of fused-ring (bicyclic) bond motifs is 1. The summed E-state index contributed by atoms with van der Waals surface area (Å²) in [7, 11) is 0. The van der Waals surface area contributed by atoms with Crippen LogP contribution in [0.1, 0.15) is 12.0 Å². The number of nitrogens with one attached hydrogen (secondary N) is 1. The number of hydrogen-bond acceptors (Lipinski definition) is 2. The number of para-hydroxylation sites is 1. The fraction of sp³-hybridized carbons (Fsp3) is 0.389. The number of nitrogens with zero attached hydrogens (tertiary/aromatic N) is 3. The van der Waals surface area contributed by atoms with Crippen LogP contribution in [0.4, 0.5) is 0 Å². The molecule has 4 heteroatoms. The van der Waals surface area contributed by atoms with Gasteiger partial charge in [-0.3, -0.25) is 4.90 Å². The molecule has 2 aromatic rings. The van der Waals surface area contributed by atoms with Gasteiger partial charge in [0, 0.05) is 49.5 Å². The predicted octanol–water partition coefficient (Wildman–Crippen LogP) is 2.89. The Hall–Kier alpha value is -2.07. The Balaban J connectivity index is 1.44. The predicted molar refractivity (Wildman–Crippen MR) is 93.3 cm³/mol. The van der Waals surface area contributed by atoms with Crippen LogP contribution in [-0.2, 0) is 6.42 Å². The quantitative estimate of drug-likeness (QED) is 0.657. The molecule has 0 atom stereocenters. The zero-order valence-corrected chi connectivity index (χ0v) is 13.0. The number of H-pyrrole nitrogens is 1. The van der Waals surface area contributed by atoms with Gasteiger partial charge < -0.3 is 9.88 Å². The van der Waals surface area contributed by atoms with Crippen molar-refractivity contribution >= 4 is 17.2 Å². The minimum Gasteiger partial charge on any atom is -0.361 e. The summed E-state index contributed by atoms with van der Waals surface area (Å²) in [6.45, 7) is 9.15. The van der Waals surface area contributed by atoms with Gasteiger partial charge in [-0.2, -0.15) is 0 Å². The second kappa shape index (κ2) is 7.27. The number of rotatable bonds is 6. The van der Waals surface area contributed by atoms with E-state index < -0.39 is 0 Å². The number of piperazine rings is 1. The summed E-state index contributed by atoms with van der Waals surface area (Å²) < 4.78 is 0. The second-order valence-electron chi connectivity index (χ2n) is 5.79. The van der Waals surface area contributed by atoms with E-state index in [0.717, 1.165) is 32.6 Å². The first-order valence-corrected chi connectivity index (χ1v) is 8.02. The third-order valence-electron chi connectivity index (χ3n) is 4.34. The highest BCUT2D eigenvalue weighted by atomic mass is 15.3. The van der Waals surface area contributed by atoms with Crippen molar-refractivity contribution in [2.45, 2.75) is 12.8 Å². The molecule has 1 N–H and O–H groups in total. The molecule has 0 radical (unpaired) electrons. The van der Waals surface area contributed by atoms with Crippen molar-refractivity contribution in [3.63, 3.8) is 0 Å². The highest BCUT2D eigenvalue weighted by Gasteiger charge is 2.14. The summed E-state index contributed by atoms with van der Waals surface area (Å²) in [6.07, 6.45) is 8.00. The van der Waals surface area contributed by atoms with Gasteiger partial charge in [-0.25, -0.2) is 4.99 Å². The molecule has 0 bridgehead atoms. The first-order valence-electron chi connectivity index (χ1n) is 8.02. The smallest absolute Gasteiger partial charge is 0.0905 e. The molecule has 1 aromatic heterocycles. The van der Waals surface area contributed by atoms with Gasteiger partial charge in [0.05, 0.1) is 6.34 Å². The van der Waals surface area contributed by atoms with Crippen molar-refractivity contribution in [2.75, 3.05) is 32.7 Å². The van der Waals surface area contributed by atoms with Gasteiger partial charge in [0.2, 0.25) is 0 Å². The molecule has 1 aliphatic heterocycles. The zero-order chi connectivity index (χ0) is 15.2. The number of aromatic nitrogens is 1. The molecule has 4 nitrogen and oxygen atoms in total. The van der Waals surface area contributed by atoms with Crippen LogP contribution in [0.25, 0.3) is 10.9 Å². The molecule has 0 amide bonds. The minimum atomic E-state index is 1.06. The van der Waals surface area contributed by atoms with Crippen molar-refractivity contribution in [3.8, 4) is 0 Å². The minimum absolute atomic E-state index is 1.06. The van der Waals surface area contributed by atoms with Gasteiger partial charge in [-0.05, 0) is 31.0 Å². The summed E-state index contributed by atoms with van der Waals surface area (Å²) in [5.74, 6) is 0. The monoisotopic (exact) mass is 296 g/mol. The Kier molecular flexibility index (Phi) is 4.91. The lowest BCUT2D eigenvalue weighted by molar-refractivity contribution is 0.184. The molecule has 1 saturated heterocycles. The Morgan fingerprint density at radius 3 is 2.82 bits per heavy atom. The molecule has 0 aliphatic carbocycles. The Labute approximate surface area is 132 Å². The molecule has 2 heterocycles. The molecule has 1 aliphatic rings. The SMILES string of the molecule is C=CN=CN1CCN(CCCc2c[nH]c3ccccc23)CC1. The summed E-state index contributed by atoms with van der Waals surface area (Å²) in [4.78, 5) is 12.3. The Morgan fingerprint density at radius 2 is 2.00 bits per heavy atom. The van der Waals surface area contributed by atoms with E-state index in [1.807, 2.05) is 6.34 Å². The fourth-order valence-electron chi connectivity index (χ4n) is 3.08. The number of aromatic amines is 1. The number of aryl methyl sites for hydroxylation is 1. The van der Waals surface area contributed by atoms with Crippen LogP contribution in [0.5, 0.6) is 0 Å². The first-order chi connectivity index (χ1) is 10.9. The van der Waals surface area contributed by atoms with Crippen molar-refractivity contribution in [3.05, 3.63) is 48.8 Å². The standard InChI is InChI=1S/C18H24N4/c1-2-19-15-22-12-10-21(11-13-22)9-5-6-16-14-20-18-8-4-3-7-17(16)18/h2-4,7-8,14-15,20H,1,5-6,9-13H2. The molecule has 116 valence electrons. The average Bonchev–Trinajstić information content (AvgIpc) is 2.98. The van der Waals surface area contributed by atoms with Crippen LogP contribution in [0.15, 0.2) is 48.2 Å². The van der Waals surface area contributed by atoms with Crippen LogP contribution < -0.4 is 0 Å². The molecule has 3 rings (SSSR count). The highest BCUT2D eigenvalue weighted by Crippen LogP contribution is 2.19. The van der Waals surface area contributed by atoms with Crippen molar-refractivity contribution in [2.24, 2.45) is 4.99 Å². The summed E-state index contributed by atoms with van der Waals surface area (Å²) in [5.41, 5.74) is 2.68. The third-order valence-corrected chi connectivity index (χ3v) is 4.34. The Morgan fingerprint density at radius 1 is 1.18 bits per heavy atom. The van der Waals surface area contributed by atoms with E-state index in [1.165, 1.54) is 29.4 Å². The number of benzene rings is 1. The lowest BCUT2D eigenvalue weighted by atomic mass is 10.1. The average molecular weight is 296 g/mol. The molecule has 0 unspecified atom stereocenters. The van der Waals surface area contributed by atoms with Gasteiger partial charge in [0.25, 0.3) is 0 Å². The van der Waals surface area contributed by atoms with E-state index in [9.17, 15) is 0 Å². The fourth-order valence-corrected chi connectivity index (χ4v) is 3.08. The van der Waals surface area contributed by atoms with Crippen LogP contribution >= 0.6 is 0 Å². The van der Waals surface area contributed by atoms with E-state index >= 15 is 0 Å². The number of aliphatic imine (C=N–C) groups is 1. The summed E-state index contributed by atoms with van der Waals surface area (Å²) in [6, 6.07) is 8.54. The van der Waals surface area contributed by atoms with E-state index in [2.05, 4.69) is 56.8 Å². The van der Waals surface area contributed by atoms with Gasteiger partial charge in [-0.15, -0.1) is 0 Å². The van der Waals surface area contributed by atoms with Crippen LogP contribution in [-0.4, -0.2) is 53.8 Å². The summed E-state index contributed by atoms with van der Waals surface area (Å²) >= 11 is 0. The maximum atomic E-state index is 4.09. The molecule has 1 aromatic carbocycles. The van der Waals surface area contributed by atoms with E-state index in [-0.39, 0.29) is 0 Å². The third kappa shape index (κ3) is 3.57. The zero-order valence-electron chi connectivity index (χ0n) is 13.0. The van der Waals surface area contributed by atoms with Crippen LogP contribution in [0.2, 0.25) is 0 Å².